The second-order valence-electron chi connectivity index (χ2n) is 7.49. The van der Waals surface area contributed by atoms with Crippen molar-refractivity contribution in [1.82, 2.24) is 14.4 Å². The number of aromatic nitrogens is 1. The van der Waals surface area contributed by atoms with Crippen molar-refractivity contribution in [2.24, 2.45) is 12.5 Å². The van der Waals surface area contributed by atoms with E-state index in [1.807, 2.05) is 41.3 Å². The molecule has 25 heavy (non-hydrogen) atoms. The summed E-state index contributed by atoms with van der Waals surface area (Å²) in [5.74, 6) is 0.256. The molecule has 0 radical (unpaired) electrons. The first-order chi connectivity index (χ1) is 11.9. The number of piperidine rings is 1. The van der Waals surface area contributed by atoms with Gasteiger partial charge in [0.25, 0.3) is 5.91 Å². The Bertz CT molecular complexity index is 682. The largest absolute Gasteiger partial charge is 0.383 e. The average Bonchev–Trinajstić information content (AvgIpc) is 3.14. The van der Waals surface area contributed by atoms with Crippen molar-refractivity contribution < 1.29 is 14.3 Å². The third-order valence-corrected chi connectivity index (χ3v) is 6.04. The molecule has 1 unspecified atom stereocenters. The lowest BCUT2D eigenvalue weighted by Gasteiger charge is -2.39. The van der Waals surface area contributed by atoms with Crippen LogP contribution in [0.1, 0.15) is 41.0 Å². The van der Waals surface area contributed by atoms with Gasteiger partial charge in [0, 0.05) is 51.7 Å². The summed E-state index contributed by atoms with van der Waals surface area (Å²) in [6, 6.07) is 1.95. The fourth-order valence-electron chi connectivity index (χ4n) is 4.23. The molecule has 3 rings (SSSR count). The van der Waals surface area contributed by atoms with Crippen molar-refractivity contribution in [3.05, 3.63) is 23.0 Å². The van der Waals surface area contributed by atoms with Crippen LogP contribution in [0.2, 0.25) is 0 Å². The predicted octanol–water partition coefficient (Wildman–Crippen LogP) is 1.74. The van der Waals surface area contributed by atoms with Crippen LogP contribution < -0.4 is 0 Å². The number of carbonyl (C=O) groups excluding carboxylic acids is 2. The van der Waals surface area contributed by atoms with Crippen LogP contribution in [0, 0.1) is 19.3 Å². The fraction of sp³-hybridized carbons (Fsp3) is 0.684. The van der Waals surface area contributed by atoms with E-state index in [9.17, 15) is 9.59 Å². The van der Waals surface area contributed by atoms with Gasteiger partial charge in [0.15, 0.2) is 0 Å². The minimum atomic E-state index is -0.390. The summed E-state index contributed by atoms with van der Waals surface area (Å²) in [7, 11) is 3.63. The first kappa shape index (κ1) is 18.0. The van der Waals surface area contributed by atoms with Gasteiger partial charge in [0.2, 0.25) is 5.91 Å². The topological polar surface area (TPSA) is 54.8 Å². The van der Waals surface area contributed by atoms with Gasteiger partial charge < -0.3 is 19.1 Å². The van der Waals surface area contributed by atoms with Crippen LogP contribution in [-0.2, 0) is 16.6 Å². The molecule has 1 aromatic heterocycles. The Hall–Kier alpha value is -1.82. The number of nitrogens with zero attached hydrogens (tertiary/aromatic N) is 3. The summed E-state index contributed by atoms with van der Waals surface area (Å²) < 4.78 is 7.17. The lowest BCUT2D eigenvalue weighted by Crippen LogP contribution is -2.51. The van der Waals surface area contributed by atoms with E-state index in [2.05, 4.69) is 0 Å². The Kier molecular flexibility index (Phi) is 4.91. The number of carbonyl (C=O) groups is 2. The highest BCUT2D eigenvalue weighted by atomic mass is 16.5. The molecule has 3 heterocycles. The minimum Gasteiger partial charge on any atom is -0.383 e. The molecule has 0 aliphatic carbocycles. The van der Waals surface area contributed by atoms with Gasteiger partial charge in [0.05, 0.1) is 17.6 Å². The Labute approximate surface area is 149 Å². The van der Waals surface area contributed by atoms with Gasteiger partial charge in [-0.1, -0.05) is 0 Å². The van der Waals surface area contributed by atoms with Crippen molar-refractivity contribution >= 4 is 11.8 Å². The molecule has 0 aromatic carbocycles. The number of rotatable bonds is 4. The van der Waals surface area contributed by atoms with E-state index in [0.717, 1.165) is 42.8 Å². The first-order valence-corrected chi connectivity index (χ1v) is 9.10. The van der Waals surface area contributed by atoms with E-state index in [-0.39, 0.29) is 17.2 Å². The average molecular weight is 347 g/mol. The smallest absolute Gasteiger partial charge is 0.255 e. The van der Waals surface area contributed by atoms with Gasteiger partial charge in [-0.25, -0.2) is 0 Å². The number of methoxy groups -OCH3 is 1. The molecule has 138 valence electrons. The van der Waals surface area contributed by atoms with E-state index >= 15 is 0 Å². The lowest BCUT2D eigenvalue weighted by molar-refractivity contribution is -0.146. The van der Waals surface area contributed by atoms with Crippen LogP contribution in [0.3, 0.4) is 0 Å². The zero-order chi connectivity index (χ0) is 18.2. The van der Waals surface area contributed by atoms with Crippen molar-refractivity contribution in [1.29, 1.82) is 0 Å². The normalized spacial score (nSPS) is 23.8. The highest BCUT2D eigenvalue weighted by Crippen LogP contribution is 2.40. The second-order valence-corrected chi connectivity index (χ2v) is 7.49. The van der Waals surface area contributed by atoms with Crippen LogP contribution in [-0.4, -0.2) is 66.1 Å². The quantitative estimate of drug-likeness (QED) is 0.834. The van der Waals surface area contributed by atoms with Gasteiger partial charge in [-0.15, -0.1) is 0 Å². The van der Waals surface area contributed by atoms with Gasteiger partial charge in [-0.3, -0.25) is 9.59 Å². The number of aryl methyl sites for hydroxylation is 1. The van der Waals surface area contributed by atoms with Gasteiger partial charge in [-0.2, -0.15) is 0 Å². The summed E-state index contributed by atoms with van der Waals surface area (Å²) in [6.07, 6.45) is 2.65. The third-order valence-electron chi connectivity index (χ3n) is 6.04. The van der Waals surface area contributed by atoms with Crippen molar-refractivity contribution in [3.63, 3.8) is 0 Å². The first-order valence-electron chi connectivity index (χ1n) is 9.10. The standard InChI is InChI=1S/C19H29N3O3/c1-14-12-16(15(2)20(14)3)17(23)22-9-7-19(13-22)6-5-8-21(18(19)24)10-11-25-4/h12H,5-11,13H2,1-4H3. The van der Waals surface area contributed by atoms with Crippen LogP contribution in [0.5, 0.6) is 0 Å². The van der Waals surface area contributed by atoms with E-state index in [4.69, 9.17) is 4.74 Å². The molecule has 2 amide bonds. The molecule has 1 aromatic rings. The SMILES string of the molecule is COCCN1CCCC2(CCN(C(=O)c3cc(C)n(C)c3C)C2)C1=O. The van der Waals surface area contributed by atoms with Crippen LogP contribution in [0.4, 0.5) is 0 Å². The summed E-state index contributed by atoms with van der Waals surface area (Å²) >= 11 is 0. The number of hydrogen-bond donors (Lipinski definition) is 0. The van der Waals surface area contributed by atoms with Crippen molar-refractivity contribution in [2.75, 3.05) is 39.9 Å². The Morgan fingerprint density at radius 1 is 1.28 bits per heavy atom. The summed E-state index contributed by atoms with van der Waals surface area (Å²) in [6.45, 7) is 7.19. The second kappa shape index (κ2) is 6.83. The maximum absolute atomic E-state index is 13.0. The molecule has 0 bridgehead atoms. The Balaban J connectivity index is 1.75. The molecule has 0 saturated carbocycles. The number of likely N-dealkylation sites (tertiary alicyclic amines) is 2. The van der Waals surface area contributed by atoms with E-state index in [1.54, 1.807) is 7.11 Å². The number of hydrogen-bond acceptors (Lipinski definition) is 3. The van der Waals surface area contributed by atoms with E-state index < -0.39 is 0 Å². The molecular weight excluding hydrogens is 318 g/mol. The summed E-state index contributed by atoms with van der Waals surface area (Å²) in [4.78, 5) is 29.8. The van der Waals surface area contributed by atoms with E-state index in [0.29, 0.717) is 26.2 Å². The number of amides is 2. The van der Waals surface area contributed by atoms with Crippen LogP contribution in [0.15, 0.2) is 6.07 Å². The van der Waals surface area contributed by atoms with Crippen LogP contribution in [0.25, 0.3) is 0 Å². The molecule has 1 atom stereocenters. The minimum absolute atomic E-state index is 0.0555. The zero-order valence-electron chi connectivity index (χ0n) is 15.8. The molecule has 1 spiro atoms. The van der Waals surface area contributed by atoms with Crippen molar-refractivity contribution in [3.8, 4) is 0 Å². The predicted molar refractivity (Wildman–Crippen MR) is 95.5 cm³/mol. The highest BCUT2D eigenvalue weighted by molar-refractivity contribution is 5.97. The molecule has 2 aliphatic rings. The molecule has 6 nitrogen and oxygen atoms in total. The molecule has 2 aliphatic heterocycles. The molecule has 2 saturated heterocycles. The van der Waals surface area contributed by atoms with Crippen molar-refractivity contribution in [2.45, 2.75) is 33.1 Å². The monoisotopic (exact) mass is 347 g/mol. The van der Waals surface area contributed by atoms with Crippen LogP contribution >= 0.6 is 0 Å². The zero-order valence-corrected chi connectivity index (χ0v) is 15.8. The Morgan fingerprint density at radius 3 is 2.68 bits per heavy atom. The van der Waals surface area contributed by atoms with E-state index in [1.165, 1.54) is 0 Å². The molecule has 2 fully saturated rings. The van der Waals surface area contributed by atoms with Gasteiger partial charge in [-0.05, 0) is 39.2 Å². The molecular formula is C19H29N3O3. The lowest BCUT2D eigenvalue weighted by atomic mass is 9.78. The number of ether oxygens (including phenoxy) is 1. The highest BCUT2D eigenvalue weighted by Gasteiger charge is 2.49. The summed E-state index contributed by atoms with van der Waals surface area (Å²) in [5.41, 5.74) is 2.44. The molecule has 0 N–H and O–H groups in total. The third kappa shape index (κ3) is 3.08. The maximum atomic E-state index is 13.0. The van der Waals surface area contributed by atoms with Gasteiger partial charge >= 0.3 is 0 Å². The fourth-order valence-corrected chi connectivity index (χ4v) is 4.23. The summed E-state index contributed by atoms with van der Waals surface area (Å²) in [5, 5.41) is 0. The van der Waals surface area contributed by atoms with Gasteiger partial charge in [0.1, 0.15) is 0 Å². The maximum Gasteiger partial charge on any atom is 0.255 e. The molecule has 6 heteroatoms. The Morgan fingerprint density at radius 2 is 2.04 bits per heavy atom.